The van der Waals surface area contributed by atoms with Crippen molar-refractivity contribution in [1.82, 2.24) is 9.88 Å². The van der Waals surface area contributed by atoms with Gasteiger partial charge in [0.2, 0.25) is 5.95 Å². The van der Waals surface area contributed by atoms with E-state index in [1.807, 2.05) is 18.8 Å². The van der Waals surface area contributed by atoms with Crippen molar-refractivity contribution in [3.63, 3.8) is 0 Å². The molecule has 31 heavy (non-hydrogen) atoms. The normalized spacial score (nSPS) is 20.4. The van der Waals surface area contributed by atoms with Crippen molar-refractivity contribution in [2.24, 2.45) is 0 Å². The smallest absolute Gasteiger partial charge is 0.267 e. The maximum atomic E-state index is 15.1. The van der Waals surface area contributed by atoms with Crippen LogP contribution < -0.4 is 9.62 Å². The fraction of sp³-hybridized carbons (Fsp3) is 0.421. The summed E-state index contributed by atoms with van der Waals surface area (Å²) in [6, 6.07) is 5.06. The van der Waals surface area contributed by atoms with E-state index in [2.05, 4.69) is 9.88 Å². The largest absolute Gasteiger partial charge is 0.370 e. The number of likely N-dealkylation sites (N-methyl/N-ethyl adjacent to an activating group) is 1. The van der Waals surface area contributed by atoms with Gasteiger partial charge in [-0.1, -0.05) is 29.3 Å². The molecule has 0 bridgehead atoms. The number of ether oxygens (including phenoxy) is 1. The highest BCUT2D eigenvalue weighted by molar-refractivity contribution is 7.92. The molecule has 1 aromatic heterocycles. The Balaban J connectivity index is 1.62. The molecule has 0 radical (unpaired) electrons. The number of aromatic nitrogens is 1. The fourth-order valence-electron chi connectivity index (χ4n) is 4.23. The number of nitrogens with zero attached hydrogens (tertiary/aromatic N) is 3. The molecule has 7 nitrogen and oxygen atoms in total. The summed E-state index contributed by atoms with van der Waals surface area (Å²) in [6.07, 6.45) is 0.890. The van der Waals surface area contributed by atoms with E-state index in [0.29, 0.717) is 19.7 Å². The zero-order valence-corrected chi connectivity index (χ0v) is 19.0. The van der Waals surface area contributed by atoms with E-state index in [1.54, 1.807) is 4.90 Å². The first-order valence-electron chi connectivity index (χ1n) is 9.42. The van der Waals surface area contributed by atoms with Crippen LogP contribution in [-0.4, -0.2) is 63.7 Å². The summed E-state index contributed by atoms with van der Waals surface area (Å²) >= 11 is 12.4. The van der Waals surface area contributed by atoms with E-state index in [0.717, 1.165) is 12.5 Å². The maximum Gasteiger partial charge on any atom is 0.267 e. The van der Waals surface area contributed by atoms with E-state index >= 15 is 4.39 Å². The van der Waals surface area contributed by atoms with E-state index < -0.39 is 26.7 Å². The van der Waals surface area contributed by atoms with Gasteiger partial charge < -0.3 is 14.5 Å². The molecule has 3 heterocycles. The van der Waals surface area contributed by atoms with E-state index in [9.17, 15) is 12.8 Å². The number of halogens is 4. The Kier molecular flexibility index (Phi) is 5.80. The number of pyridine rings is 1. The summed E-state index contributed by atoms with van der Waals surface area (Å²) in [7, 11) is -0.549. The molecule has 0 saturated carbocycles. The second-order valence-electron chi connectivity index (χ2n) is 7.82. The van der Waals surface area contributed by atoms with Crippen molar-refractivity contribution in [3.8, 4) is 0 Å². The van der Waals surface area contributed by atoms with Crippen LogP contribution in [0.15, 0.2) is 29.2 Å². The van der Waals surface area contributed by atoms with Gasteiger partial charge in [0.05, 0.1) is 23.8 Å². The van der Waals surface area contributed by atoms with Crippen LogP contribution in [0.2, 0.25) is 10.0 Å². The summed E-state index contributed by atoms with van der Waals surface area (Å²) in [6.45, 7) is 1.59. The third kappa shape index (κ3) is 3.95. The summed E-state index contributed by atoms with van der Waals surface area (Å²) < 4.78 is 61.7. The van der Waals surface area contributed by atoms with Crippen LogP contribution in [0.3, 0.4) is 0 Å². The van der Waals surface area contributed by atoms with Gasteiger partial charge in [-0.3, -0.25) is 4.72 Å². The van der Waals surface area contributed by atoms with Gasteiger partial charge in [0, 0.05) is 12.6 Å². The molecular formula is C19H20Cl2F2N4O3S. The number of hydrogen-bond acceptors (Lipinski definition) is 6. The highest BCUT2D eigenvalue weighted by Crippen LogP contribution is 2.45. The molecular weight excluding hydrogens is 473 g/mol. The van der Waals surface area contributed by atoms with Gasteiger partial charge in [-0.25, -0.2) is 17.8 Å². The summed E-state index contributed by atoms with van der Waals surface area (Å²) in [5, 5.41) is -0.718. The van der Waals surface area contributed by atoms with Crippen molar-refractivity contribution in [2.75, 3.05) is 43.4 Å². The van der Waals surface area contributed by atoms with Crippen molar-refractivity contribution < 1.29 is 21.9 Å². The zero-order valence-electron chi connectivity index (χ0n) is 16.7. The summed E-state index contributed by atoms with van der Waals surface area (Å²) in [5.74, 6) is -2.39. The van der Waals surface area contributed by atoms with Crippen molar-refractivity contribution >= 4 is 44.7 Å². The van der Waals surface area contributed by atoms with Gasteiger partial charge in [-0.05, 0) is 38.7 Å². The number of hydrogen-bond donors (Lipinski definition) is 1. The lowest BCUT2D eigenvalue weighted by Gasteiger charge is -2.52. The average Bonchev–Trinajstić information content (AvgIpc) is 3.08. The molecule has 1 spiro atoms. The average molecular weight is 493 g/mol. The summed E-state index contributed by atoms with van der Waals surface area (Å²) in [5.41, 5.74) is -0.101. The van der Waals surface area contributed by atoms with Gasteiger partial charge in [-0.2, -0.15) is 4.39 Å². The molecule has 2 aliphatic rings. The lowest BCUT2D eigenvalue weighted by atomic mass is 9.85. The molecule has 2 aromatic rings. The zero-order chi connectivity index (χ0) is 22.6. The van der Waals surface area contributed by atoms with Gasteiger partial charge in [-0.15, -0.1) is 0 Å². The van der Waals surface area contributed by atoms with Gasteiger partial charge in [0.25, 0.3) is 10.0 Å². The van der Waals surface area contributed by atoms with Crippen molar-refractivity contribution in [1.29, 1.82) is 0 Å². The minimum absolute atomic E-state index is 0.213. The highest BCUT2D eigenvalue weighted by Gasteiger charge is 2.54. The quantitative estimate of drug-likeness (QED) is 0.509. The van der Waals surface area contributed by atoms with Crippen LogP contribution >= 0.6 is 23.2 Å². The topological polar surface area (TPSA) is 74.8 Å². The van der Waals surface area contributed by atoms with E-state index in [-0.39, 0.29) is 33.2 Å². The second kappa shape index (κ2) is 8.00. The molecule has 12 heteroatoms. The van der Waals surface area contributed by atoms with Gasteiger partial charge >= 0.3 is 0 Å². The second-order valence-corrected chi connectivity index (χ2v) is 10.2. The van der Waals surface area contributed by atoms with Crippen LogP contribution in [0.5, 0.6) is 0 Å². The first-order valence-corrected chi connectivity index (χ1v) is 11.7. The van der Waals surface area contributed by atoms with Crippen LogP contribution in [-0.2, 0) is 14.8 Å². The Morgan fingerprint density at radius 2 is 2.00 bits per heavy atom. The Bertz CT molecular complexity index is 1130. The first kappa shape index (κ1) is 22.5. The first-order chi connectivity index (χ1) is 14.5. The van der Waals surface area contributed by atoms with E-state index in [4.69, 9.17) is 27.9 Å². The molecule has 1 N–H and O–H groups in total. The molecule has 0 amide bonds. The van der Waals surface area contributed by atoms with Crippen LogP contribution in [0, 0.1) is 11.8 Å². The SMILES string of the molecule is CN(C)[C@@H]1CCOC12CN(c1cc(Cl)c(S(=O)(=O)Nc3cccc(F)n3)c(F)c1Cl)C2. The number of rotatable bonds is 5. The number of nitrogens with one attached hydrogen (secondary N) is 1. The predicted octanol–water partition coefficient (Wildman–Crippen LogP) is 3.38. The molecule has 2 fully saturated rings. The number of benzene rings is 1. The number of anilines is 2. The molecule has 2 aliphatic heterocycles. The van der Waals surface area contributed by atoms with E-state index in [1.165, 1.54) is 18.2 Å². The summed E-state index contributed by atoms with van der Waals surface area (Å²) in [4.78, 5) is 6.49. The van der Waals surface area contributed by atoms with Crippen molar-refractivity contribution in [2.45, 2.75) is 23.0 Å². The molecule has 168 valence electrons. The van der Waals surface area contributed by atoms with Crippen molar-refractivity contribution in [3.05, 3.63) is 46.1 Å². The molecule has 1 aromatic carbocycles. The molecule has 4 rings (SSSR count). The van der Waals surface area contributed by atoms with Crippen LogP contribution in [0.25, 0.3) is 0 Å². The lowest BCUT2D eigenvalue weighted by molar-refractivity contribution is -0.0507. The maximum absolute atomic E-state index is 15.1. The fourth-order valence-corrected chi connectivity index (χ4v) is 6.19. The molecule has 0 aliphatic carbocycles. The lowest BCUT2D eigenvalue weighted by Crippen LogP contribution is -2.69. The van der Waals surface area contributed by atoms with Gasteiger partial charge in [0.15, 0.2) is 5.82 Å². The third-order valence-corrected chi connectivity index (χ3v) is 7.77. The standard InChI is InChI=1S/C19H20Cl2F2N4O3S/c1-26(2)13-6-7-30-19(13)9-27(10-19)12-8-11(20)18(17(23)16(12)21)31(28,29)25-15-5-3-4-14(22)24-15/h3-5,8,13H,6-7,9-10H2,1-2H3,(H,24,25)/t13-/m1/s1. The van der Waals surface area contributed by atoms with Crippen LogP contribution in [0.4, 0.5) is 20.3 Å². The highest BCUT2D eigenvalue weighted by atomic mass is 35.5. The predicted molar refractivity (Wildman–Crippen MR) is 114 cm³/mol. The van der Waals surface area contributed by atoms with Gasteiger partial charge in [0.1, 0.15) is 21.3 Å². The Hall–Kier alpha value is -1.72. The third-order valence-electron chi connectivity index (χ3n) is 5.59. The molecule has 1 atom stereocenters. The Morgan fingerprint density at radius 3 is 2.65 bits per heavy atom. The number of sulfonamides is 1. The Labute approximate surface area is 188 Å². The minimum atomic E-state index is -4.51. The Morgan fingerprint density at radius 1 is 1.29 bits per heavy atom. The molecule has 0 unspecified atom stereocenters. The van der Waals surface area contributed by atoms with Crippen LogP contribution in [0.1, 0.15) is 6.42 Å². The minimum Gasteiger partial charge on any atom is -0.370 e. The molecule has 2 saturated heterocycles. The monoisotopic (exact) mass is 492 g/mol.